The first-order valence-corrected chi connectivity index (χ1v) is 8.24. The molecule has 0 fully saturated rings. The number of halogens is 1. The van der Waals surface area contributed by atoms with Crippen molar-refractivity contribution in [3.63, 3.8) is 0 Å². The average molecular weight is 342 g/mol. The third-order valence-corrected chi connectivity index (χ3v) is 4.19. The molecule has 0 saturated heterocycles. The molecule has 3 nitrogen and oxygen atoms in total. The summed E-state index contributed by atoms with van der Waals surface area (Å²) in [5, 5.41) is 3.53. The minimum Gasteiger partial charge on any atom is -0.493 e. The predicted octanol–water partition coefficient (Wildman–Crippen LogP) is 3.33. The Morgan fingerprint density at radius 1 is 1.40 bits per heavy atom. The zero-order valence-corrected chi connectivity index (χ0v) is 14.1. The van der Waals surface area contributed by atoms with Crippen molar-refractivity contribution in [3.05, 3.63) is 27.7 Å². The van der Waals surface area contributed by atoms with E-state index in [1.54, 1.807) is 0 Å². The number of hydrogen-bond donors (Lipinski definition) is 1. The van der Waals surface area contributed by atoms with Gasteiger partial charge in [-0.25, -0.2) is 0 Å². The molecular formula is C16H24BrNO2. The zero-order valence-electron chi connectivity index (χ0n) is 12.5. The molecule has 1 aliphatic heterocycles. The van der Waals surface area contributed by atoms with Crippen LogP contribution in [0.5, 0.6) is 5.75 Å². The normalized spacial score (nSPS) is 16.6. The number of ether oxygens (including phenoxy) is 2. The summed E-state index contributed by atoms with van der Waals surface area (Å²) in [5.74, 6) is 1.08. The van der Waals surface area contributed by atoms with Crippen molar-refractivity contribution in [3.8, 4) is 5.75 Å². The van der Waals surface area contributed by atoms with Crippen LogP contribution in [0.3, 0.4) is 0 Å². The molecule has 0 aromatic heterocycles. The van der Waals surface area contributed by atoms with Gasteiger partial charge in [0.1, 0.15) is 5.75 Å². The van der Waals surface area contributed by atoms with Gasteiger partial charge < -0.3 is 14.8 Å². The second-order valence-corrected chi connectivity index (χ2v) is 6.10. The Morgan fingerprint density at radius 2 is 2.20 bits per heavy atom. The molecule has 0 spiro atoms. The van der Waals surface area contributed by atoms with Gasteiger partial charge in [-0.3, -0.25) is 0 Å². The maximum atomic E-state index is 5.81. The molecule has 0 saturated carbocycles. The van der Waals surface area contributed by atoms with Gasteiger partial charge in [0.25, 0.3) is 0 Å². The molecule has 0 bridgehead atoms. The number of fused-ring (bicyclic) bond motifs is 1. The van der Waals surface area contributed by atoms with Gasteiger partial charge in [-0.15, -0.1) is 0 Å². The molecular weight excluding hydrogens is 318 g/mol. The van der Waals surface area contributed by atoms with Crippen LogP contribution < -0.4 is 10.1 Å². The van der Waals surface area contributed by atoms with E-state index in [4.69, 9.17) is 9.47 Å². The van der Waals surface area contributed by atoms with E-state index in [9.17, 15) is 0 Å². The summed E-state index contributed by atoms with van der Waals surface area (Å²) in [6, 6.07) is 4.65. The van der Waals surface area contributed by atoms with E-state index in [-0.39, 0.29) is 6.10 Å². The first-order valence-electron chi connectivity index (χ1n) is 7.44. The summed E-state index contributed by atoms with van der Waals surface area (Å²) < 4.78 is 12.7. The van der Waals surface area contributed by atoms with Gasteiger partial charge in [-0.1, -0.05) is 22.9 Å². The summed E-state index contributed by atoms with van der Waals surface area (Å²) in [6.07, 6.45) is 2.13. The highest BCUT2D eigenvalue weighted by Gasteiger charge is 2.23. The molecule has 20 heavy (non-hydrogen) atoms. The van der Waals surface area contributed by atoms with E-state index in [1.807, 2.05) is 6.92 Å². The van der Waals surface area contributed by atoms with Gasteiger partial charge in [-0.05, 0) is 50.1 Å². The van der Waals surface area contributed by atoms with Gasteiger partial charge in [0.2, 0.25) is 0 Å². The molecule has 4 heteroatoms. The van der Waals surface area contributed by atoms with Crippen LogP contribution in [0.1, 0.15) is 31.9 Å². The second-order valence-electron chi connectivity index (χ2n) is 5.18. The lowest BCUT2D eigenvalue weighted by Crippen LogP contribution is -2.41. The van der Waals surface area contributed by atoms with E-state index in [0.717, 1.165) is 42.8 Å². The van der Waals surface area contributed by atoms with Crippen molar-refractivity contribution in [2.24, 2.45) is 0 Å². The molecule has 1 aliphatic rings. The highest BCUT2D eigenvalue weighted by atomic mass is 79.9. The molecule has 2 unspecified atom stereocenters. The Kier molecular flexibility index (Phi) is 5.87. The maximum Gasteiger partial charge on any atom is 0.125 e. The molecule has 0 aliphatic carbocycles. The topological polar surface area (TPSA) is 30.5 Å². The highest BCUT2D eigenvalue weighted by molar-refractivity contribution is 9.10. The van der Waals surface area contributed by atoms with Gasteiger partial charge in [0.15, 0.2) is 0 Å². The Labute approximate surface area is 130 Å². The van der Waals surface area contributed by atoms with Crippen LogP contribution in [0.2, 0.25) is 0 Å². The molecule has 1 N–H and O–H groups in total. The van der Waals surface area contributed by atoms with Crippen molar-refractivity contribution in [2.45, 2.75) is 45.8 Å². The summed E-state index contributed by atoms with van der Waals surface area (Å²) in [4.78, 5) is 0. The molecule has 0 amide bonds. The first-order chi connectivity index (χ1) is 9.65. The van der Waals surface area contributed by atoms with Crippen molar-refractivity contribution < 1.29 is 9.47 Å². The Bertz CT molecular complexity index is 450. The quantitative estimate of drug-likeness (QED) is 0.825. The number of nitrogens with one attached hydrogen (secondary N) is 1. The monoisotopic (exact) mass is 341 g/mol. The Balaban J connectivity index is 2.18. The summed E-state index contributed by atoms with van der Waals surface area (Å²) in [7, 11) is 0. The molecule has 112 valence electrons. The first kappa shape index (κ1) is 15.8. The van der Waals surface area contributed by atoms with Gasteiger partial charge in [0.05, 0.1) is 12.7 Å². The van der Waals surface area contributed by atoms with Crippen molar-refractivity contribution in [1.82, 2.24) is 5.32 Å². The summed E-state index contributed by atoms with van der Waals surface area (Å²) in [5.41, 5.74) is 2.58. The molecule has 2 rings (SSSR count). The third-order valence-electron chi connectivity index (χ3n) is 3.73. The van der Waals surface area contributed by atoms with E-state index >= 15 is 0 Å². The van der Waals surface area contributed by atoms with Gasteiger partial charge in [0, 0.05) is 23.5 Å². The predicted molar refractivity (Wildman–Crippen MR) is 85.6 cm³/mol. The fraction of sp³-hybridized carbons (Fsp3) is 0.625. The average Bonchev–Trinajstić information content (AvgIpc) is 2.86. The standard InChI is InChI=1S/C16H24BrNO2/c1-4-18-15(11(3)19-5-2)10-13-9-14(17)8-12-6-7-20-16(12)13/h8-9,11,15,18H,4-7,10H2,1-3H3. The lowest BCUT2D eigenvalue weighted by atomic mass is 9.99. The maximum absolute atomic E-state index is 5.81. The molecule has 1 aromatic carbocycles. The van der Waals surface area contributed by atoms with Crippen LogP contribution in [0.25, 0.3) is 0 Å². The van der Waals surface area contributed by atoms with Gasteiger partial charge in [-0.2, -0.15) is 0 Å². The molecule has 2 atom stereocenters. The third kappa shape index (κ3) is 3.74. The fourth-order valence-electron chi connectivity index (χ4n) is 2.78. The Morgan fingerprint density at radius 3 is 2.90 bits per heavy atom. The molecule has 1 heterocycles. The molecule has 1 aromatic rings. The lowest BCUT2D eigenvalue weighted by molar-refractivity contribution is 0.0479. The summed E-state index contributed by atoms with van der Waals surface area (Å²) >= 11 is 3.61. The second kappa shape index (κ2) is 7.43. The van der Waals surface area contributed by atoms with Crippen LogP contribution >= 0.6 is 15.9 Å². The number of likely N-dealkylation sites (N-methyl/N-ethyl adjacent to an activating group) is 1. The lowest BCUT2D eigenvalue weighted by Gasteiger charge is -2.25. The zero-order chi connectivity index (χ0) is 14.5. The van der Waals surface area contributed by atoms with E-state index in [0.29, 0.717) is 6.04 Å². The minimum absolute atomic E-state index is 0.191. The van der Waals surface area contributed by atoms with E-state index in [1.165, 1.54) is 11.1 Å². The summed E-state index contributed by atoms with van der Waals surface area (Å²) in [6.45, 7) is 8.80. The van der Waals surface area contributed by atoms with E-state index < -0.39 is 0 Å². The minimum atomic E-state index is 0.191. The van der Waals surface area contributed by atoms with Crippen molar-refractivity contribution >= 4 is 15.9 Å². The van der Waals surface area contributed by atoms with Crippen LogP contribution in [-0.4, -0.2) is 31.9 Å². The molecule has 0 radical (unpaired) electrons. The number of hydrogen-bond acceptors (Lipinski definition) is 3. The van der Waals surface area contributed by atoms with Crippen LogP contribution in [0.15, 0.2) is 16.6 Å². The van der Waals surface area contributed by atoms with Crippen LogP contribution in [-0.2, 0) is 17.6 Å². The highest BCUT2D eigenvalue weighted by Crippen LogP contribution is 2.34. The fourth-order valence-corrected chi connectivity index (χ4v) is 3.33. The number of benzene rings is 1. The Hall–Kier alpha value is -0.580. The van der Waals surface area contributed by atoms with Crippen LogP contribution in [0.4, 0.5) is 0 Å². The smallest absolute Gasteiger partial charge is 0.125 e. The largest absolute Gasteiger partial charge is 0.493 e. The van der Waals surface area contributed by atoms with Crippen LogP contribution in [0, 0.1) is 0 Å². The number of rotatable bonds is 7. The SMILES string of the molecule is CCNC(Cc1cc(Br)cc2c1OCC2)C(C)OCC. The van der Waals surface area contributed by atoms with Crippen molar-refractivity contribution in [1.29, 1.82) is 0 Å². The van der Waals surface area contributed by atoms with E-state index in [2.05, 4.69) is 47.2 Å². The van der Waals surface area contributed by atoms with Gasteiger partial charge >= 0.3 is 0 Å². The van der Waals surface area contributed by atoms with Crippen molar-refractivity contribution in [2.75, 3.05) is 19.8 Å².